The second-order valence-corrected chi connectivity index (χ2v) is 6.06. The second-order valence-electron chi connectivity index (χ2n) is 6.06. The summed E-state index contributed by atoms with van der Waals surface area (Å²) in [5, 5.41) is 7.86. The molecule has 2 rings (SSSR count). The first-order chi connectivity index (χ1) is 8.83. The molecule has 4 nitrogen and oxygen atoms in total. The van der Waals surface area contributed by atoms with Gasteiger partial charge < -0.3 is 9.73 Å². The monoisotopic (exact) mass is 261 g/mol. The average molecular weight is 261 g/mol. The van der Waals surface area contributed by atoms with E-state index in [1.54, 1.807) is 0 Å². The molecule has 0 saturated heterocycles. The third-order valence-corrected chi connectivity index (χ3v) is 2.92. The number of rotatable bonds is 4. The van der Waals surface area contributed by atoms with E-state index in [2.05, 4.69) is 44.2 Å². The van der Waals surface area contributed by atoms with Crippen LogP contribution in [0.15, 0.2) is 22.6 Å². The number of nitrogens with one attached hydrogen (secondary N) is 1. The molecule has 2 heterocycles. The van der Waals surface area contributed by atoms with E-state index in [-0.39, 0.29) is 5.54 Å². The van der Waals surface area contributed by atoms with Crippen LogP contribution < -0.4 is 5.32 Å². The lowest BCUT2D eigenvalue weighted by Gasteiger charge is -2.19. The van der Waals surface area contributed by atoms with Crippen LogP contribution in [0.2, 0.25) is 0 Å². The van der Waals surface area contributed by atoms with E-state index in [0.717, 1.165) is 29.5 Å². The van der Waals surface area contributed by atoms with Crippen molar-refractivity contribution in [1.82, 2.24) is 15.1 Å². The van der Waals surface area contributed by atoms with Crippen molar-refractivity contribution >= 4 is 0 Å². The van der Waals surface area contributed by atoms with Crippen molar-refractivity contribution in [2.45, 2.75) is 53.2 Å². The third kappa shape index (κ3) is 3.96. The zero-order chi connectivity index (χ0) is 14.0. The Kier molecular flexibility index (Phi) is 3.80. The van der Waals surface area contributed by atoms with Crippen LogP contribution in [0, 0.1) is 13.8 Å². The van der Waals surface area contributed by atoms with Crippen molar-refractivity contribution in [3.8, 4) is 0 Å². The first kappa shape index (κ1) is 13.9. The van der Waals surface area contributed by atoms with Crippen LogP contribution in [-0.2, 0) is 13.1 Å². The van der Waals surface area contributed by atoms with Gasteiger partial charge in [0.2, 0.25) is 0 Å². The largest absolute Gasteiger partial charge is 0.463 e. The molecule has 0 fully saturated rings. The maximum absolute atomic E-state index is 5.82. The Balaban J connectivity index is 1.99. The number of hydrogen-bond acceptors (Lipinski definition) is 3. The van der Waals surface area contributed by atoms with Crippen LogP contribution in [0.25, 0.3) is 0 Å². The van der Waals surface area contributed by atoms with Crippen molar-refractivity contribution in [2.24, 2.45) is 0 Å². The summed E-state index contributed by atoms with van der Waals surface area (Å²) in [6.07, 6.45) is 0. The SMILES string of the molecule is Cc1cc(C)n(Cc2ccc(CNC(C)(C)C)o2)n1. The highest BCUT2D eigenvalue weighted by Gasteiger charge is 2.11. The standard InChI is InChI=1S/C15H23N3O/c1-11-8-12(2)18(17-11)10-14-7-6-13(19-14)9-16-15(3,4)5/h6-8,16H,9-10H2,1-5H3. The summed E-state index contributed by atoms with van der Waals surface area (Å²) in [7, 11) is 0. The van der Waals surface area contributed by atoms with Gasteiger partial charge in [-0.3, -0.25) is 4.68 Å². The van der Waals surface area contributed by atoms with E-state index in [9.17, 15) is 0 Å². The zero-order valence-corrected chi connectivity index (χ0v) is 12.4. The molecule has 0 unspecified atom stereocenters. The normalized spacial score (nSPS) is 12.1. The number of furan rings is 1. The van der Waals surface area contributed by atoms with Crippen molar-refractivity contribution < 1.29 is 4.42 Å². The first-order valence-electron chi connectivity index (χ1n) is 6.67. The molecule has 19 heavy (non-hydrogen) atoms. The molecule has 0 spiro atoms. The predicted octanol–water partition coefficient (Wildman–Crippen LogP) is 3.03. The van der Waals surface area contributed by atoms with Crippen LogP contribution in [0.5, 0.6) is 0 Å². The zero-order valence-electron chi connectivity index (χ0n) is 12.4. The Bertz CT molecular complexity index is 546. The maximum Gasteiger partial charge on any atom is 0.125 e. The van der Waals surface area contributed by atoms with E-state index >= 15 is 0 Å². The molecule has 0 aliphatic rings. The van der Waals surface area contributed by atoms with Gasteiger partial charge in [0.25, 0.3) is 0 Å². The molecule has 0 aromatic carbocycles. The van der Waals surface area contributed by atoms with Crippen LogP contribution in [0.4, 0.5) is 0 Å². The van der Waals surface area contributed by atoms with Crippen LogP contribution in [0.1, 0.15) is 43.7 Å². The summed E-state index contributed by atoms with van der Waals surface area (Å²) < 4.78 is 7.79. The Morgan fingerprint density at radius 2 is 1.89 bits per heavy atom. The maximum atomic E-state index is 5.82. The Morgan fingerprint density at radius 1 is 1.21 bits per heavy atom. The van der Waals surface area contributed by atoms with Gasteiger partial charge in [-0.15, -0.1) is 0 Å². The Hall–Kier alpha value is -1.55. The minimum atomic E-state index is 0.0998. The molecule has 2 aromatic heterocycles. The number of aromatic nitrogens is 2. The van der Waals surface area contributed by atoms with Gasteiger partial charge in [-0.25, -0.2) is 0 Å². The molecule has 0 radical (unpaired) electrons. The highest BCUT2D eigenvalue weighted by molar-refractivity contribution is 5.11. The minimum absolute atomic E-state index is 0.0998. The van der Waals surface area contributed by atoms with E-state index in [1.807, 2.05) is 23.7 Å². The fraction of sp³-hybridized carbons (Fsp3) is 0.533. The smallest absolute Gasteiger partial charge is 0.125 e. The average Bonchev–Trinajstić information content (AvgIpc) is 2.83. The molecule has 0 amide bonds. The molecular formula is C15H23N3O. The van der Waals surface area contributed by atoms with Gasteiger partial charge in [0, 0.05) is 11.2 Å². The molecule has 2 aromatic rings. The fourth-order valence-corrected chi connectivity index (χ4v) is 1.94. The molecule has 104 valence electrons. The summed E-state index contributed by atoms with van der Waals surface area (Å²) in [5.74, 6) is 1.91. The third-order valence-electron chi connectivity index (χ3n) is 2.92. The summed E-state index contributed by atoms with van der Waals surface area (Å²) in [5.41, 5.74) is 2.30. The molecule has 0 aliphatic carbocycles. The van der Waals surface area contributed by atoms with Gasteiger partial charge in [0.15, 0.2) is 0 Å². The van der Waals surface area contributed by atoms with Crippen molar-refractivity contribution in [3.63, 3.8) is 0 Å². The first-order valence-corrected chi connectivity index (χ1v) is 6.67. The fourth-order valence-electron chi connectivity index (χ4n) is 1.94. The van der Waals surface area contributed by atoms with Gasteiger partial charge in [0.05, 0.1) is 18.8 Å². The number of aryl methyl sites for hydroxylation is 2. The lowest BCUT2D eigenvalue weighted by Crippen LogP contribution is -2.34. The Labute approximate surface area is 114 Å². The van der Waals surface area contributed by atoms with E-state index in [4.69, 9.17) is 4.42 Å². The lowest BCUT2D eigenvalue weighted by atomic mass is 10.1. The van der Waals surface area contributed by atoms with Crippen molar-refractivity contribution in [1.29, 1.82) is 0 Å². The van der Waals surface area contributed by atoms with Crippen molar-refractivity contribution in [3.05, 3.63) is 41.1 Å². The van der Waals surface area contributed by atoms with E-state index in [0.29, 0.717) is 6.54 Å². The van der Waals surface area contributed by atoms with Gasteiger partial charge in [0.1, 0.15) is 11.5 Å². The molecule has 0 saturated carbocycles. The minimum Gasteiger partial charge on any atom is -0.463 e. The summed E-state index contributed by atoms with van der Waals surface area (Å²) >= 11 is 0. The molecular weight excluding hydrogens is 238 g/mol. The van der Waals surface area contributed by atoms with E-state index < -0.39 is 0 Å². The summed E-state index contributed by atoms with van der Waals surface area (Å²) in [4.78, 5) is 0. The van der Waals surface area contributed by atoms with Crippen molar-refractivity contribution in [2.75, 3.05) is 0 Å². The lowest BCUT2D eigenvalue weighted by molar-refractivity contribution is 0.374. The van der Waals surface area contributed by atoms with Gasteiger partial charge in [-0.05, 0) is 52.8 Å². The predicted molar refractivity (Wildman–Crippen MR) is 76.1 cm³/mol. The van der Waals surface area contributed by atoms with Gasteiger partial charge in [-0.2, -0.15) is 5.10 Å². The number of nitrogens with zero attached hydrogens (tertiary/aromatic N) is 2. The topological polar surface area (TPSA) is 43.0 Å². The second kappa shape index (κ2) is 5.21. The Morgan fingerprint density at radius 3 is 2.47 bits per heavy atom. The van der Waals surface area contributed by atoms with E-state index in [1.165, 1.54) is 0 Å². The quantitative estimate of drug-likeness (QED) is 0.920. The summed E-state index contributed by atoms with van der Waals surface area (Å²) in [6, 6.07) is 6.13. The van der Waals surface area contributed by atoms with Gasteiger partial charge in [-0.1, -0.05) is 0 Å². The van der Waals surface area contributed by atoms with Crippen LogP contribution in [0.3, 0.4) is 0 Å². The molecule has 0 atom stereocenters. The molecule has 4 heteroatoms. The number of hydrogen-bond donors (Lipinski definition) is 1. The molecule has 1 N–H and O–H groups in total. The molecule has 0 aliphatic heterocycles. The molecule has 0 bridgehead atoms. The highest BCUT2D eigenvalue weighted by atomic mass is 16.3. The van der Waals surface area contributed by atoms with Crippen LogP contribution in [-0.4, -0.2) is 15.3 Å². The summed E-state index contributed by atoms with van der Waals surface area (Å²) in [6.45, 7) is 11.9. The highest BCUT2D eigenvalue weighted by Crippen LogP contribution is 2.12. The van der Waals surface area contributed by atoms with Crippen LogP contribution >= 0.6 is 0 Å². The van der Waals surface area contributed by atoms with Gasteiger partial charge >= 0.3 is 0 Å².